The summed E-state index contributed by atoms with van der Waals surface area (Å²) < 4.78 is 18.8. The molecule has 0 amide bonds. The number of ether oxygens (including phenoxy) is 1. The highest BCUT2D eigenvalue weighted by Gasteiger charge is 2.19. The topological polar surface area (TPSA) is 53.2 Å². The molecule has 0 aromatic heterocycles. The fourth-order valence-corrected chi connectivity index (χ4v) is 2.57. The summed E-state index contributed by atoms with van der Waals surface area (Å²) >= 11 is 0. The lowest BCUT2D eigenvalue weighted by Gasteiger charge is -2.16. The number of aliphatic hydroxyl groups is 1. The van der Waals surface area contributed by atoms with Crippen LogP contribution in [0, 0.1) is 23.1 Å². The van der Waals surface area contributed by atoms with E-state index in [9.17, 15) is 9.50 Å². The van der Waals surface area contributed by atoms with E-state index in [4.69, 9.17) is 10.00 Å². The molecule has 2 rings (SSSR count). The summed E-state index contributed by atoms with van der Waals surface area (Å²) in [5.41, 5.74) is 0.261. The average molecular weight is 263 g/mol. The molecule has 1 atom stereocenters. The zero-order valence-corrected chi connectivity index (χ0v) is 10.8. The van der Waals surface area contributed by atoms with Crippen LogP contribution in [0.15, 0.2) is 18.2 Å². The third kappa shape index (κ3) is 3.93. The summed E-state index contributed by atoms with van der Waals surface area (Å²) in [4.78, 5) is 0. The summed E-state index contributed by atoms with van der Waals surface area (Å²) in [5, 5.41) is 18.5. The van der Waals surface area contributed by atoms with Crippen molar-refractivity contribution in [1.29, 1.82) is 5.26 Å². The van der Waals surface area contributed by atoms with Gasteiger partial charge in [-0.05, 0) is 30.5 Å². The molecular weight excluding hydrogens is 245 g/mol. The summed E-state index contributed by atoms with van der Waals surface area (Å²) in [6.07, 6.45) is 4.98. The Hall–Kier alpha value is -1.60. The van der Waals surface area contributed by atoms with Gasteiger partial charge in [-0.25, -0.2) is 4.39 Å². The standard InChI is InChI=1S/C15H18FNO2/c16-14-8-12(9-17)5-6-15(14)19-10-13(18)7-11-3-1-2-4-11/h5-6,8,11,13,18H,1-4,7,10H2. The third-order valence-electron chi connectivity index (χ3n) is 3.57. The molecule has 3 nitrogen and oxygen atoms in total. The minimum absolute atomic E-state index is 0.0875. The SMILES string of the molecule is N#Cc1ccc(OCC(O)CC2CCCC2)c(F)c1. The number of hydrogen-bond acceptors (Lipinski definition) is 3. The molecule has 4 heteroatoms. The van der Waals surface area contributed by atoms with Crippen molar-refractivity contribution in [3.8, 4) is 11.8 Å². The van der Waals surface area contributed by atoms with E-state index in [0.29, 0.717) is 5.92 Å². The highest BCUT2D eigenvalue weighted by Crippen LogP contribution is 2.28. The Balaban J connectivity index is 1.82. The van der Waals surface area contributed by atoms with Gasteiger partial charge in [0.15, 0.2) is 11.6 Å². The second-order valence-electron chi connectivity index (χ2n) is 5.11. The molecule has 0 spiro atoms. The second kappa shape index (κ2) is 6.53. The van der Waals surface area contributed by atoms with Crippen LogP contribution >= 0.6 is 0 Å². The van der Waals surface area contributed by atoms with E-state index in [1.807, 2.05) is 6.07 Å². The predicted molar refractivity (Wildman–Crippen MR) is 69.2 cm³/mol. The van der Waals surface area contributed by atoms with Gasteiger partial charge in [0.1, 0.15) is 6.61 Å². The summed E-state index contributed by atoms with van der Waals surface area (Å²) in [6.45, 7) is 0.0965. The zero-order valence-electron chi connectivity index (χ0n) is 10.8. The van der Waals surface area contributed by atoms with Gasteiger partial charge in [0, 0.05) is 0 Å². The van der Waals surface area contributed by atoms with Gasteiger partial charge in [-0.2, -0.15) is 5.26 Å². The van der Waals surface area contributed by atoms with Crippen LogP contribution in [0.4, 0.5) is 4.39 Å². The molecule has 0 heterocycles. The lowest BCUT2D eigenvalue weighted by atomic mass is 10.0. The molecule has 102 valence electrons. The van der Waals surface area contributed by atoms with E-state index >= 15 is 0 Å². The van der Waals surface area contributed by atoms with Gasteiger partial charge in [0.2, 0.25) is 0 Å². The number of aliphatic hydroxyl groups excluding tert-OH is 1. The van der Waals surface area contributed by atoms with Crippen LogP contribution in [0.2, 0.25) is 0 Å². The molecule has 19 heavy (non-hydrogen) atoms. The van der Waals surface area contributed by atoms with Gasteiger partial charge in [0.05, 0.1) is 17.7 Å². The smallest absolute Gasteiger partial charge is 0.166 e. The van der Waals surface area contributed by atoms with E-state index < -0.39 is 11.9 Å². The lowest BCUT2D eigenvalue weighted by Crippen LogP contribution is -2.20. The van der Waals surface area contributed by atoms with Crippen LogP contribution in [0.1, 0.15) is 37.7 Å². The van der Waals surface area contributed by atoms with Gasteiger partial charge >= 0.3 is 0 Å². The van der Waals surface area contributed by atoms with Gasteiger partial charge in [0.25, 0.3) is 0 Å². The normalized spacial score (nSPS) is 17.1. The fourth-order valence-electron chi connectivity index (χ4n) is 2.57. The van der Waals surface area contributed by atoms with Crippen molar-refractivity contribution >= 4 is 0 Å². The number of nitrogens with zero attached hydrogens (tertiary/aromatic N) is 1. The van der Waals surface area contributed by atoms with Crippen molar-refractivity contribution in [2.75, 3.05) is 6.61 Å². The number of hydrogen-bond donors (Lipinski definition) is 1. The molecule has 1 aliphatic carbocycles. The molecule has 0 bridgehead atoms. The molecule has 1 saturated carbocycles. The van der Waals surface area contributed by atoms with Crippen molar-refractivity contribution in [3.05, 3.63) is 29.6 Å². The molecule has 0 radical (unpaired) electrons. The molecule has 0 saturated heterocycles. The molecule has 1 unspecified atom stereocenters. The summed E-state index contributed by atoms with van der Waals surface area (Å²) in [7, 11) is 0. The van der Waals surface area contributed by atoms with E-state index in [1.165, 1.54) is 37.8 Å². The summed E-state index contributed by atoms with van der Waals surface area (Å²) in [6, 6.07) is 5.93. The van der Waals surface area contributed by atoms with Crippen molar-refractivity contribution in [2.24, 2.45) is 5.92 Å². The Kier molecular flexibility index (Phi) is 4.75. The molecule has 0 aliphatic heterocycles. The van der Waals surface area contributed by atoms with E-state index in [2.05, 4.69) is 0 Å². The average Bonchev–Trinajstić information content (AvgIpc) is 2.90. The Bertz CT molecular complexity index is 464. The monoisotopic (exact) mass is 263 g/mol. The van der Waals surface area contributed by atoms with Crippen LogP contribution in [-0.4, -0.2) is 17.8 Å². The first kappa shape index (κ1) is 13.8. The Morgan fingerprint density at radius 3 is 2.79 bits per heavy atom. The van der Waals surface area contributed by atoms with Gasteiger partial charge < -0.3 is 9.84 Å². The number of rotatable bonds is 5. The Morgan fingerprint density at radius 1 is 1.42 bits per heavy atom. The van der Waals surface area contributed by atoms with Gasteiger partial charge in [-0.1, -0.05) is 25.7 Å². The fraction of sp³-hybridized carbons (Fsp3) is 0.533. The zero-order chi connectivity index (χ0) is 13.7. The van der Waals surface area contributed by atoms with E-state index in [-0.39, 0.29) is 17.9 Å². The van der Waals surface area contributed by atoms with Crippen molar-refractivity contribution in [2.45, 2.75) is 38.2 Å². The van der Waals surface area contributed by atoms with E-state index in [0.717, 1.165) is 12.5 Å². The van der Waals surface area contributed by atoms with Crippen LogP contribution in [-0.2, 0) is 0 Å². The number of benzene rings is 1. The first-order valence-corrected chi connectivity index (χ1v) is 6.69. The van der Waals surface area contributed by atoms with Crippen LogP contribution < -0.4 is 4.74 Å². The maximum atomic E-state index is 13.5. The number of nitriles is 1. The van der Waals surface area contributed by atoms with E-state index in [1.54, 1.807) is 0 Å². The first-order chi connectivity index (χ1) is 9.19. The van der Waals surface area contributed by atoms with Crippen LogP contribution in [0.25, 0.3) is 0 Å². The molecule has 1 aromatic carbocycles. The Labute approximate surface area is 112 Å². The minimum atomic E-state index is -0.563. The van der Waals surface area contributed by atoms with Gasteiger partial charge in [-0.15, -0.1) is 0 Å². The third-order valence-corrected chi connectivity index (χ3v) is 3.57. The first-order valence-electron chi connectivity index (χ1n) is 6.69. The molecule has 1 fully saturated rings. The quantitative estimate of drug-likeness (QED) is 0.888. The predicted octanol–water partition coefficient (Wildman–Crippen LogP) is 3.02. The second-order valence-corrected chi connectivity index (χ2v) is 5.11. The van der Waals surface area contributed by atoms with Gasteiger partial charge in [-0.3, -0.25) is 0 Å². The number of halogens is 1. The minimum Gasteiger partial charge on any atom is -0.488 e. The Morgan fingerprint density at radius 2 is 2.16 bits per heavy atom. The maximum absolute atomic E-state index is 13.5. The van der Waals surface area contributed by atoms with Crippen molar-refractivity contribution in [1.82, 2.24) is 0 Å². The largest absolute Gasteiger partial charge is 0.488 e. The molecular formula is C15H18FNO2. The van der Waals surface area contributed by atoms with Crippen LogP contribution in [0.5, 0.6) is 5.75 Å². The summed E-state index contributed by atoms with van der Waals surface area (Å²) in [5.74, 6) is 0.0981. The molecule has 1 aliphatic rings. The van der Waals surface area contributed by atoms with Crippen molar-refractivity contribution < 1.29 is 14.2 Å². The molecule has 1 aromatic rings. The lowest BCUT2D eigenvalue weighted by molar-refractivity contribution is 0.0837. The molecule has 1 N–H and O–H groups in total. The van der Waals surface area contributed by atoms with Crippen molar-refractivity contribution in [3.63, 3.8) is 0 Å². The maximum Gasteiger partial charge on any atom is 0.166 e. The highest BCUT2D eigenvalue weighted by atomic mass is 19.1. The highest BCUT2D eigenvalue weighted by molar-refractivity contribution is 5.35. The van der Waals surface area contributed by atoms with Crippen LogP contribution in [0.3, 0.4) is 0 Å².